The van der Waals surface area contributed by atoms with E-state index in [1.807, 2.05) is 0 Å². The van der Waals surface area contributed by atoms with E-state index in [4.69, 9.17) is 0 Å². The second-order valence-electron chi connectivity index (χ2n) is 10.1. The summed E-state index contributed by atoms with van der Waals surface area (Å²) in [4.78, 5) is 2.48. The van der Waals surface area contributed by atoms with E-state index in [0.717, 1.165) is 30.3 Å². The van der Waals surface area contributed by atoms with Crippen LogP contribution in [0.3, 0.4) is 0 Å². The molecular weight excluding hydrogens is 416 g/mol. The minimum atomic E-state index is -0.271. The van der Waals surface area contributed by atoms with Gasteiger partial charge in [-0.2, -0.15) is 0 Å². The maximum absolute atomic E-state index is 11.9. The number of anilines is 1. The Hall–Kier alpha value is -0.620. The molecule has 1 unspecified atom stereocenters. The standard InChI is InChI=1S/C23H33N2O2.BrH/c1-4-10-25-17-11-14(13(5-2)22(25)27)19-18(25)12-23(21(19)26)15-8-6-7-9-16(15)24(3)20(17)23;/h6-9,13-14,17-22,26-27H,4-5,10-12H2,1-3H3;1H/q+1;/p-1/t13-,14+,17-,18-,19+,20-,21+,22+,23-,25?;/m0./s1. The Morgan fingerprint density at radius 1 is 1.18 bits per heavy atom. The highest BCUT2D eigenvalue weighted by Gasteiger charge is 2.82. The zero-order valence-electron chi connectivity index (χ0n) is 17.1. The Balaban J connectivity index is 0.00000171. The van der Waals surface area contributed by atoms with Crippen LogP contribution < -0.4 is 21.9 Å². The lowest BCUT2D eigenvalue weighted by molar-refractivity contribution is -1.04. The molecule has 0 amide bonds. The second kappa shape index (κ2) is 5.96. The molecule has 0 aromatic heterocycles. The normalized spacial score (nSPS) is 51.8. The van der Waals surface area contributed by atoms with Crippen LogP contribution in [0.5, 0.6) is 0 Å². The van der Waals surface area contributed by atoms with Crippen molar-refractivity contribution in [1.29, 1.82) is 0 Å². The number of aliphatic hydroxyl groups excluding tert-OH is 2. The van der Waals surface area contributed by atoms with Crippen LogP contribution in [-0.2, 0) is 5.41 Å². The number of benzene rings is 1. The molecule has 4 saturated heterocycles. The maximum Gasteiger partial charge on any atom is 0.194 e. The number of likely N-dealkylation sites (N-methyl/N-ethyl adjacent to an activating group) is 1. The van der Waals surface area contributed by atoms with Crippen molar-refractivity contribution < 1.29 is 31.7 Å². The molecule has 154 valence electrons. The number of fused-ring (bicyclic) bond motifs is 2. The average Bonchev–Trinajstić information content (AvgIpc) is 3.06. The number of aliphatic hydroxyl groups is 2. The zero-order valence-corrected chi connectivity index (χ0v) is 18.7. The van der Waals surface area contributed by atoms with Gasteiger partial charge in [0.25, 0.3) is 0 Å². The number of para-hydroxylation sites is 1. The molecule has 7 rings (SSSR count). The number of hydrogen-bond donors (Lipinski definition) is 2. The molecule has 5 heteroatoms. The molecule has 1 aromatic carbocycles. The van der Waals surface area contributed by atoms with Gasteiger partial charge in [0.1, 0.15) is 6.04 Å². The molecule has 1 aromatic rings. The van der Waals surface area contributed by atoms with Crippen LogP contribution in [0.15, 0.2) is 24.3 Å². The summed E-state index contributed by atoms with van der Waals surface area (Å²) in [5.41, 5.74) is 2.56. The van der Waals surface area contributed by atoms with E-state index in [-0.39, 0.29) is 34.7 Å². The van der Waals surface area contributed by atoms with Gasteiger partial charge in [0.15, 0.2) is 6.23 Å². The molecule has 6 aliphatic rings. The summed E-state index contributed by atoms with van der Waals surface area (Å²) in [6.45, 7) is 5.56. The zero-order chi connectivity index (χ0) is 18.7. The SMILES string of the molecule is CCC[N+]12[C@H](O)[C@@H](CC)[C@H]3C[C@H]1[C@@H]1N(C)c4ccccc4[C@@]14C[C@H]2[C@@H]3[C@H]4O.[Br-]. The van der Waals surface area contributed by atoms with Crippen LogP contribution in [0.25, 0.3) is 0 Å². The fraction of sp³-hybridized carbons (Fsp3) is 0.739. The Labute approximate surface area is 178 Å². The predicted molar refractivity (Wildman–Crippen MR) is 105 cm³/mol. The van der Waals surface area contributed by atoms with Gasteiger partial charge in [-0.05, 0) is 30.4 Å². The van der Waals surface area contributed by atoms with Crippen molar-refractivity contribution in [2.45, 2.75) is 75.4 Å². The fourth-order valence-electron chi connectivity index (χ4n) is 9.23. The largest absolute Gasteiger partial charge is 1.00 e. The molecule has 5 fully saturated rings. The van der Waals surface area contributed by atoms with Crippen LogP contribution in [0.1, 0.15) is 45.1 Å². The summed E-state index contributed by atoms with van der Waals surface area (Å²) < 4.78 is 0.873. The third-order valence-electron chi connectivity index (χ3n) is 9.73. The number of rotatable bonds is 3. The molecule has 1 aliphatic carbocycles. The molecule has 1 saturated carbocycles. The van der Waals surface area contributed by atoms with Crippen LogP contribution in [0, 0.1) is 17.8 Å². The van der Waals surface area contributed by atoms with E-state index >= 15 is 0 Å². The summed E-state index contributed by atoms with van der Waals surface area (Å²) in [7, 11) is 2.23. The first kappa shape index (κ1) is 19.3. The minimum Gasteiger partial charge on any atom is -1.00 e. The van der Waals surface area contributed by atoms with Gasteiger partial charge in [-0.3, -0.25) is 4.48 Å². The van der Waals surface area contributed by atoms with Gasteiger partial charge in [-0.1, -0.05) is 32.0 Å². The van der Waals surface area contributed by atoms with E-state index in [9.17, 15) is 10.2 Å². The predicted octanol–water partition coefficient (Wildman–Crippen LogP) is -0.517. The van der Waals surface area contributed by atoms with Crippen molar-refractivity contribution in [3.63, 3.8) is 0 Å². The first-order valence-electron chi connectivity index (χ1n) is 11.1. The van der Waals surface area contributed by atoms with Crippen molar-refractivity contribution in [2.24, 2.45) is 17.8 Å². The van der Waals surface area contributed by atoms with Gasteiger partial charge < -0.3 is 32.1 Å². The molecule has 2 N–H and O–H groups in total. The lowest BCUT2D eigenvalue weighted by atomic mass is 9.60. The number of quaternary nitrogens is 1. The number of piperidine rings is 4. The Kier molecular flexibility index (Phi) is 4.12. The minimum absolute atomic E-state index is 0. The fourth-order valence-corrected chi connectivity index (χ4v) is 9.23. The van der Waals surface area contributed by atoms with Gasteiger partial charge in [-0.15, -0.1) is 0 Å². The summed E-state index contributed by atoms with van der Waals surface area (Å²) in [6, 6.07) is 9.97. The Bertz CT molecular complexity index is 805. The topological polar surface area (TPSA) is 43.7 Å². The molecule has 1 spiro atoms. The number of nitrogens with zero attached hydrogens (tertiary/aromatic N) is 2. The Morgan fingerprint density at radius 3 is 2.64 bits per heavy atom. The van der Waals surface area contributed by atoms with Crippen LogP contribution >= 0.6 is 0 Å². The van der Waals surface area contributed by atoms with Crippen LogP contribution in [-0.4, -0.2) is 58.7 Å². The van der Waals surface area contributed by atoms with E-state index in [1.165, 1.54) is 17.7 Å². The van der Waals surface area contributed by atoms with E-state index in [0.29, 0.717) is 35.9 Å². The van der Waals surface area contributed by atoms with E-state index in [1.54, 1.807) is 0 Å². The summed E-state index contributed by atoms with van der Waals surface area (Å²) in [5, 5.41) is 23.6. The lowest BCUT2D eigenvalue weighted by Crippen LogP contribution is -3.00. The van der Waals surface area contributed by atoms with E-state index in [2.05, 4.69) is 50.1 Å². The van der Waals surface area contributed by atoms with Crippen LogP contribution in [0.4, 0.5) is 5.69 Å². The maximum atomic E-state index is 11.9. The quantitative estimate of drug-likeness (QED) is 0.611. The lowest BCUT2D eigenvalue weighted by Gasteiger charge is -2.68. The first-order valence-corrected chi connectivity index (χ1v) is 11.1. The molecule has 4 nitrogen and oxygen atoms in total. The van der Waals surface area contributed by atoms with Crippen molar-refractivity contribution in [3.05, 3.63) is 29.8 Å². The molecule has 10 atom stereocenters. The molecule has 5 heterocycles. The van der Waals surface area contributed by atoms with Gasteiger partial charge >= 0.3 is 0 Å². The third kappa shape index (κ3) is 1.73. The number of hydrogen-bond acceptors (Lipinski definition) is 3. The Morgan fingerprint density at radius 2 is 1.93 bits per heavy atom. The summed E-state index contributed by atoms with van der Waals surface area (Å²) in [6.07, 6.45) is 3.84. The highest BCUT2D eigenvalue weighted by molar-refractivity contribution is 5.66. The van der Waals surface area contributed by atoms with Crippen molar-refractivity contribution >= 4 is 5.69 Å². The highest BCUT2D eigenvalue weighted by atomic mass is 79.9. The van der Waals surface area contributed by atoms with E-state index < -0.39 is 0 Å². The van der Waals surface area contributed by atoms with Gasteiger partial charge in [0.05, 0.1) is 30.1 Å². The van der Waals surface area contributed by atoms with Gasteiger partial charge in [0, 0.05) is 37.4 Å². The van der Waals surface area contributed by atoms with Crippen molar-refractivity contribution in [3.8, 4) is 0 Å². The summed E-state index contributed by atoms with van der Waals surface area (Å²) >= 11 is 0. The average molecular weight is 449 g/mol. The first-order chi connectivity index (χ1) is 13.0. The molecule has 5 bridgehead atoms. The van der Waals surface area contributed by atoms with Crippen molar-refractivity contribution in [2.75, 3.05) is 18.5 Å². The summed E-state index contributed by atoms with van der Waals surface area (Å²) in [5.74, 6) is 1.18. The van der Waals surface area contributed by atoms with Gasteiger partial charge in [-0.25, -0.2) is 0 Å². The molecular formula is C23H33BrN2O2. The molecule has 28 heavy (non-hydrogen) atoms. The van der Waals surface area contributed by atoms with Crippen LogP contribution in [0.2, 0.25) is 0 Å². The van der Waals surface area contributed by atoms with Gasteiger partial charge in [0.2, 0.25) is 0 Å². The smallest absolute Gasteiger partial charge is 0.194 e. The molecule has 5 aliphatic heterocycles. The third-order valence-corrected chi connectivity index (χ3v) is 9.73. The second-order valence-corrected chi connectivity index (χ2v) is 10.1. The monoisotopic (exact) mass is 448 g/mol. The number of halogens is 1. The van der Waals surface area contributed by atoms with Crippen molar-refractivity contribution in [1.82, 2.24) is 0 Å². The molecule has 0 radical (unpaired) electrons. The highest BCUT2D eigenvalue weighted by Crippen LogP contribution is 2.71.